The third-order valence-electron chi connectivity index (χ3n) is 5.15. The zero-order valence-electron chi connectivity index (χ0n) is 16.3. The Bertz CT molecular complexity index is 1030. The molecular weight excluding hydrogens is 400 g/mol. The van der Waals surface area contributed by atoms with E-state index in [4.69, 9.17) is 16.3 Å². The van der Waals surface area contributed by atoms with Crippen LogP contribution in [0.2, 0.25) is 5.02 Å². The summed E-state index contributed by atoms with van der Waals surface area (Å²) in [6.07, 6.45) is 0.372. The van der Waals surface area contributed by atoms with E-state index in [1.54, 1.807) is 24.3 Å². The maximum atomic E-state index is 13.5. The van der Waals surface area contributed by atoms with Crippen molar-refractivity contribution in [3.8, 4) is 5.75 Å². The van der Waals surface area contributed by atoms with E-state index >= 15 is 0 Å². The molecule has 1 N–H and O–H groups in total. The molecule has 30 heavy (non-hydrogen) atoms. The van der Waals surface area contributed by atoms with E-state index in [0.29, 0.717) is 17.2 Å². The van der Waals surface area contributed by atoms with Gasteiger partial charge in [-0.3, -0.25) is 9.69 Å². The summed E-state index contributed by atoms with van der Waals surface area (Å²) >= 11 is 5.88. The van der Waals surface area contributed by atoms with E-state index in [0.717, 1.165) is 11.1 Å². The quantitative estimate of drug-likeness (QED) is 0.576. The maximum Gasteiger partial charge on any atom is 0.325 e. The Hall–Kier alpha value is -3.31. The number of hydrogen-bond donors (Lipinski definition) is 1. The number of imide groups is 1. The summed E-state index contributed by atoms with van der Waals surface area (Å²) in [6, 6.07) is 25.6. The SMILES string of the molecule is O=C1NC(Cc2ccccc2)(c2ccccc2)C(=O)N1CCOc1ccc(Cl)cc1. The number of nitrogens with one attached hydrogen (secondary N) is 1. The van der Waals surface area contributed by atoms with Gasteiger partial charge in [0.15, 0.2) is 5.54 Å². The molecule has 1 aliphatic rings. The van der Waals surface area contributed by atoms with Crippen molar-refractivity contribution in [2.24, 2.45) is 0 Å². The molecule has 0 bridgehead atoms. The number of urea groups is 1. The van der Waals surface area contributed by atoms with Crippen LogP contribution in [-0.4, -0.2) is 30.0 Å². The molecule has 3 aromatic rings. The van der Waals surface area contributed by atoms with Gasteiger partial charge >= 0.3 is 6.03 Å². The number of benzene rings is 3. The predicted molar refractivity (Wildman–Crippen MR) is 115 cm³/mol. The highest BCUT2D eigenvalue weighted by Gasteiger charge is 2.52. The fourth-order valence-electron chi connectivity index (χ4n) is 3.66. The van der Waals surface area contributed by atoms with E-state index in [1.807, 2.05) is 60.7 Å². The number of nitrogens with zero attached hydrogens (tertiary/aromatic N) is 1. The van der Waals surface area contributed by atoms with E-state index in [9.17, 15) is 9.59 Å². The zero-order chi connectivity index (χ0) is 21.0. The number of amides is 3. The second-order valence-electron chi connectivity index (χ2n) is 7.12. The average molecular weight is 421 g/mol. The fourth-order valence-corrected chi connectivity index (χ4v) is 3.78. The normalized spacial score (nSPS) is 18.4. The second kappa shape index (κ2) is 8.59. The minimum atomic E-state index is -1.14. The number of halogens is 1. The van der Waals surface area contributed by atoms with Gasteiger partial charge in [-0.25, -0.2) is 4.79 Å². The predicted octanol–water partition coefficient (Wildman–Crippen LogP) is 4.41. The molecular formula is C24H21ClN2O3. The zero-order valence-corrected chi connectivity index (χ0v) is 17.0. The second-order valence-corrected chi connectivity index (χ2v) is 7.56. The highest BCUT2D eigenvalue weighted by molar-refractivity contribution is 6.30. The standard InChI is InChI=1S/C24H21ClN2O3/c25-20-11-13-21(14-12-20)30-16-15-27-22(28)24(26-23(27)29,19-9-5-2-6-10-19)17-18-7-3-1-4-8-18/h1-14H,15-17H2,(H,26,29). The molecule has 0 radical (unpaired) electrons. The largest absolute Gasteiger partial charge is 0.492 e. The molecule has 6 heteroatoms. The van der Waals surface area contributed by atoms with Crippen molar-refractivity contribution >= 4 is 23.5 Å². The number of carbonyl (C=O) groups is 2. The van der Waals surface area contributed by atoms with Crippen LogP contribution in [0.25, 0.3) is 0 Å². The molecule has 1 saturated heterocycles. The van der Waals surface area contributed by atoms with Crippen LogP contribution in [0.1, 0.15) is 11.1 Å². The van der Waals surface area contributed by atoms with Crippen LogP contribution in [0.3, 0.4) is 0 Å². The molecule has 0 aliphatic carbocycles. The van der Waals surface area contributed by atoms with Crippen molar-refractivity contribution in [2.45, 2.75) is 12.0 Å². The molecule has 4 rings (SSSR count). The van der Waals surface area contributed by atoms with Crippen molar-refractivity contribution in [2.75, 3.05) is 13.2 Å². The van der Waals surface area contributed by atoms with Crippen LogP contribution in [-0.2, 0) is 16.8 Å². The topological polar surface area (TPSA) is 58.6 Å². The van der Waals surface area contributed by atoms with Crippen molar-refractivity contribution < 1.29 is 14.3 Å². The molecule has 1 atom stereocenters. The summed E-state index contributed by atoms with van der Waals surface area (Å²) in [5, 5.41) is 3.57. The minimum absolute atomic E-state index is 0.149. The Labute approximate surface area is 180 Å². The van der Waals surface area contributed by atoms with Gasteiger partial charge in [0.1, 0.15) is 12.4 Å². The van der Waals surface area contributed by atoms with Gasteiger partial charge in [0.05, 0.1) is 6.54 Å². The third kappa shape index (κ3) is 4.02. The molecule has 5 nitrogen and oxygen atoms in total. The van der Waals surface area contributed by atoms with E-state index in [1.165, 1.54) is 4.90 Å². The lowest BCUT2D eigenvalue weighted by Gasteiger charge is -2.27. The molecule has 3 amide bonds. The molecule has 0 saturated carbocycles. The van der Waals surface area contributed by atoms with Gasteiger partial charge < -0.3 is 10.1 Å². The van der Waals surface area contributed by atoms with Gasteiger partial charge in [0.2, 0.25) is 0 Å². The Balaban J connectivity index is 1.55. The highest BCUT2D eigenvalue weighted by atomic mass is 35.5. The Kier molecular flexibility index (Phi) is 5.72. The van der Waals surface area contributed by atoms with Gasteiger partial charge in [-0.05, 0) is 35.4 Å². The molecule has 0 aromatic heterocycles. The summed E-state index contributed by atoms with van der Waals surface area (Å²) in [6.45, 7) is 0.341. The average Bonchev–Trinajstić information content (AvgIpc) is 3.01. The monoisotopic (exact) mass is 420 g/mol. The molecule has 1 aliphatic heterocycles. The molecule has 152 valence electrons. The summed E-state index contributed by atoms with van der Waals surface area (Å²) < 4.78 is 5.68. The number of rotatable bonds is 7. The van der Waals surface area contributed by atoms with Crippen LogP contribution in [0.5, 0.6) is 5.75 Å². The lowest BCUT2D eigenvalue weighted by Crippen LogP contribution is -2.46. The molecule has 1 unspecified atom stereocenters. The Morgan fingerprint density at radius 1 is 0.867 bits per heavy atom. The Morgan fingerprint density at radius 2 is 1.50 bits per heavy atom. The molecule has 1 fully saturated rings. The van der Waals surface area contributed by atoms with Gasteiger partial charge in [0.25, 0.3) is 5.91 Å². The number of ether oxygens (including phenoxy) is 1. The van der Waals surface area contributed by atoms with Crippen molar-refractivity contribution in [1.82, 2.24) is 10.2 Å². The fraction of sp³-hybridized carbons (Fsp3) is 0.167. The van der Waals surface area contributed by atoms with E-state index < -0.39 is 11.6 Å². The van der Waals surface area contributed by atoms with Crippen LogP contribution in [0.4, 0.5) is 4.79 Å². The first-order valence-electron chi connectivity index (χ1n) is 9.70. The van der Waals surface area contributed by atoms with Gasteiger partial charge in [-0.2, -0.15) is 0 Å². The smallest absolute Gasteiger partial charge is 0.325 e. The summed E-state index contributed by atoms with van der Waals surface area (Å²) in [5.41, 5.74) is 0.586. The highest BCUT2D eigenvalue weighted by Crippen LogP contribution is 2.33. The van der Waals surface area contributed by atoms with Crippen molar-refractivity contribution in [1.29, 1.82) is 0 Å². The van der Waals surface area contributed by atoms with Gasteiger partial charge in [0, 0.05) is 11.4 Å². The first-order valence-corrected chi connectivity index (χ1v) is 10.1. The summed E-state index contributed by atoms with van der Waals surface area (Å²) in [7, 11) is 0. The molecule has 0 spiro atoms. The maximum absolute atomic E-state index is 13.5. The Morgan fingerprint density at radius 3 is 2.17 bits per heavy atom. The first kappa shape index (κ1) is 20.0. The van der Waals surface area contributed by atoms with E-state index in [-0.39, 0.29) is 19.1 Å². The van der Waals surface area contributed by atoms with Gasteiger partial charge in [-0.1, -0.05) is 72.3 Å². The van der Waals surface area contributed by atoms with Crippen LogP contribution >= 0.6 is 11.6 Å². The van der Waals surface area contributed by atoms with Gasteiger partial charge in [-0.15, -0.1) is 0 Å². The van der Waals surface area contributed by atoms with Crippen LogP contribution < -0.4 is 10.1 Å². The lowest BCUT2D eigenvalue weighted by molar-refractivity contribution is -0.131. The third-order valence-corrected chi connectivity index (χ3v) is 5.40. The number of carbonyl (C=O) groups excluding carboxylic acids is 2. The lowest BCUT2D eigenvalue weighted by atomic mass is 9.83. The molecule has 1 heterocycles. The molecule has 3 aromatic carbocycles. The summed E-state index contributed by atoms with van der Waals surface area (Å²) in [5.74, 6) is 0.354. The first-order chi connectivity index (χ1) is 14.6. The van der Waals surface area contributed by atoms with E-state index in [2.05, 4.69) is 5.32 Å². The van der Waals surface area contributed by atoms with Crippen molar-refractivity contribution in [3.05, 3.63) is 101 Å². The number of hydrogen-bond acceptors (Lipinski definition) is 3. The van der Waals surface area contributed by atoms with Crippen molar-refractivity contribution in [3.63, 3.8) is 0 Å². The minimum Gasteiger partial charge on any atom is -0.492 e. The van der Waals surface area contributed by atoms with Crippen LogP contribution in [0, 0.1) is 0 Å². The summed E-state index contributed by atoms with van der Waals surface area (Å²) in [4.78, 5) is 27.5. The van der Waals surface area contributed by atoms with Crippen LogP contribution in [0.15, 0.2) is 84.9 Å².